The summed E-state index contributed by atoms with van der Waals surface area (Å²) in [5, 5.41) is 0. The van der Waals surface area contributed by atoms with E-state index in [4.69, 9.17) is 4.74 Å². The number of hydrogen-bond donors (Lipinski definition) is 0. The predicted octanol–water partition coefficient (Wildman–Crippen LogP) is 2.31. The van der Waals surface area contributed by atoms with Crippen molar-refractivity contribution in [3.05, 3.63) is 16.9 Å². The Morgan fingerprint density at radius 2 is 2.00 bits per heavy atom. The van der Waals surface area contributed by atoms with Gasteiger partial charge in [0.25, 0.3) is 0 Å². The van der Waals surface area contributed by atoms with Crippen LogP contribution < -0.4 is 0 Å². The van der Waals surface area contributed by atoms with Gasteiger partial charge in [-0.05, 0) is 25.0 Å². The standard InChI is InChI=1S/C11H16O2/c1-7(2)6-8-9(10(12)13-5)11(8,3)4/h9H,1-5H3. The summed E-state index contributed by atoms with van der Waals surface area (Å²) in [4.78, 5) is 11.3. The first-order valence-electron chi connectivity index (χ1n) is 4.43. The highest BCUT2D eigenvalue weighted by molar-refractivity contribution is 5.83. The van der Waals surface area contributed by atoms with Crippen molar-refractivity contribution in [1.29, 1.82) is 0 Å². The van der Waals surface area contributed by atoms with E-state index >= 15 is 0 Å². The highest BCUT2D eigenvalue weighted by Gasteiger charge is 2.58. The van der Waals surface area contributed by atoms with E-state index in [1.165, 1.54) is 7.11 Å². The number of carbonyl (C=O) groups excluding carboxylic acids is 1. The van der Waals surface area contributed by atoms with Gasteiger partial charge in [0.2, 0.25) is 0 Å². The molecule has 0 spiro atoms. The second-order valence-electron chi connectivity index (χ2n) is 4.22. The Kier molecular flexibility index (Phi) is 2.36. The lowest BCUT2D eigenvalue weighted by Crippen LogP contribution is -2.07. The SMILES string of the molecule is COC(=O)C1C(=C=C(C)C)C1(C)C. The fourth-order valence-corrected chi connectivity index (χ4v) is 1.58. The number of rotatable bonds is 1. The molecule has 0 bridgehead atoms. The summed E-state index contributed by atoms with van der Waals surface area (Å²) < 4.78 is 4.71. The molecular weight excluding hydrogens is 164 g/mol. The van der Waals surface area contributed by atoms with Crippen molar-refractivity contribution in [2.45, 2.75) is 27.7 Å². The van der Waals surface area contributed by atoms with Crippen LogP contribution in [0.2, 0.25) is 0 Å². The van der Waals surface area contributed by atoms with E-state index in [-0.39, 0.29) is 17.3 Å². The number of methoxy groups -OCH3 is 1. The van der Waals surface area contributed by atoms with Gasteiger partial charge in [0.05, 0.1) is 13.0 Å². The zero-order valence-corrected chi connectivity index (χ0v) is 8.89. The van der Waals surface area contributed by atoms with Gasteiger partial charge in [-0.1, -0.05) is 13.8 Å². The highest BCUT2D eigenvalue weighted by Crippen LogP contribution is 2.57. The van der Waals surface area contributed by atoms with Gasteiger partial charge in [0.1, 0.15) is 0 Å². The molecule has 1 aliphatic rings. The molecule has 0 N–H and O–H groups in total. The van der Waals surface area contributed by atoms with Crippen molar-refractivity contribution in [1.82, 2.24) is 0 Å². The van der Waals surface area contributed by atoms with E-state index in [1.54, 1.807) is 0 Å². The van der Waals surface area contributed by atoms with Gasteiger partial charge in [-0.3, -0.25) is 4.79 Å². The van der Waals surface area contributed by atoms with Gasteiger partial charge in [-0.25, -0.2) is 0 Å². The first kappa shape index (κ1) is 10.1. The Morgan fingerprint density at radius 1 is 1.46 bits per heavy atom. The molecular formula is C11H16O2. The summed E-state index contributed by atoms with van der Waals surface area (Å²) in [7, 11) is 1.43. The van der Waals surface area contributed by atoms with Crippen molar-refractivity contribution in [3.63, 3.8) is 0 Å². The summed E-state index contributed by atoms with van der Waals surface area (Å²) in [5.41, 5.74) is 5.33. The molecule has 1 saturated carbocycles. The quantitative estimate of drug-likeness (QED) is 0.457. The molecule has 0 aromatic rings. The highest BCUT2D eigenvalue weighted by atomic mass is 16.5. The summed E-state index contributed by atoms with van der Waals surface area (Å²) in [5.74, 6) is -0.221. The lowest BCUT2D eigenvalue weighted by Gasteiger charge is -1.97. The van der Waals surface area contributed by atoms with Gasteiger partial charge >= 0.3 is 5.97 Å². The number of hydrogen-bond acceptors (Lipinski definition) is 2. The van der Waals surface area contributed by atoms with Crippen LogP contribution in [0.4, 0.5) is 0 Å². The van der Waals surface area contributed by atoms with Crippen molar-refractivity contribution in [3.8, 4) is 0 Å². The Balaban J connectivity index is 2.97. The minimum Gasteiger partial charge on any atom is -0.469 e. The van der Waals surface area contributed by atoms with Gasteiger partial charge < -0.3 is 4.74 Å². The summed E-state index contributed by atoms with van der Waals surface area (Å²) in [6.07, 6.45) is 0. The maximum Gasteiger partial charge on any atom is 0.314 e. The van der Waals surface area contributed by atoms with Crippen LogP contribution in [0.25, 0.3) is 0 Å². The van der Waals surface area contributed by atoms with Crippen LogP contribution in [-0.4, -0.2) is 13.1 Å². The van der Waals surface area contributed by atoms with Crippen LogP contribution in [0, 0.1) is 11.3 Å². The molecule has 0 radical (unpaired) electrons. The van der Waals surface area contributed by atoms with Crippen LogP contribution >= 0.6 is 0 Å². The third-order valence-electron chi connectivity index (χ3n) is 2.44. The first-order valence-corrected chi connectivity index (χ1v) is 4.43. The van der Waals surface area contributed by atoms with Crippen LogP contribution in [0.3, 0.4) is 0 Å². The van der Waals surface area contributed by atoms with Gasteiger partial charge in [-0.15, -0.1) is 5.73 Å². The Bertz CT molecular complexity index is 300. The molecule has 0 aliphatic heterocycles. The minimum absolute atomic E-state index is 0.0512. The Labute approximate surface area is 79.3 Å². The van der Waals surface area contributed by atoms with Crippen LogP contribution in [0.5, 0.6) is 0 Å². The van der Waals surface area contributed by atoms with Gasteiger partial charge in [0, 0.05) is 5.41 Å². The van der Waals surface area contributed by atoms with Crippen LogP contribution in [0.1, 0.15) is 27.7 Å². The second-order valence-corrected chi connectivity index (χ2v) is 4.22. The molecule has 0 heterocycles. The first-order chi connectivity index (χ1) is 5.91. The molecule has 0 aromatic carbocycles. The van der Waals surface area contributed by atoms with Crippen molar-refractivity contribution in [2.75, 3.05) is 7.11 Å². The van der Waals surface area contributed by atoms with E-state index < -0.39 is 0 Å². The molecule has 72 valence electrons. The van der Waals surface area contributed by atoms with Crippen molar-refractivity contribution >= 4 is 5.97 Å². The van der Waals surface area contributed by atoms with Crippen molar-refractivity contribution in [2.24, 2.45) is 11.3 Å². The third-order valence-corrected chi connectivity index (χ3v) is 2.44. The molecule has 1 rings (SSSR count). The monoisotopic (exact) mass is 180 g/mol. The van der Waals surface area contributed by atoms with Crippen molar-refractivity contribution < 1.29 is 9.53 Å². The Morgan fingerprint density at radius 3 is 2.38 bits per heavy atom. The molecule has 0 aromatic heterocycles. The summed E-state index contributed by atoms with van der Waals surface area (Å²) in [6, 6.07) is 0. The summed E-state index contributed by atoms with van der Waals surface area (Å²) >= 11 is 0. The molecule has 1 unspecified atom stereocenters. The normalized spacial score (nSPS) is 23.5. The lowest BCUT2D eigenvalue weighted by molar-refractivity contribution is -0.142. The molecule has 1 aliphatic carbocycles. The van der Waals surface area contributed by atoms with E-state index in [9.17, 15) is 4.79 Å². The predicted molar refractivity (Wildman–Crippen MR) is 51.2 cm³/mol. The van der Waals surface area contributed by atoms with Gasteiger partial charge in [-0.2, -0.15) is 0 Å². The molecule has 0 saturated heterocycles. The van der Waals surface area contributed by atoms with Gasteiger partial charge in [0.15, 0.2) is 0 Å². The molecule has 0 amide bonds. The number of ether oxygens (including phenoxy) is 1. The molecule has 2 nitrogen and oxygen atoms in total. The maximum absolute atomic E-state index is 11.3. The molecule has 13 heavy (non-hydrogen) atoms. The molecule has 2 heteroatoms. The summed E-state index contributed by atoms with van der Waals surface area (Å²) in [6.45, 7) is 8.05. The smallest absolute Gasteiger partial charge is 0.314 e. The molecule has 1 atom stereocenters. The number of esters is 1. The van der Waals surface area contributed by atoms with E-state index in [0.29, 0.717) is 0 Å². The second kappa shape index (κ2) is 3.04. The Hall–Kier alpha value is -1.01. The zero-order chi connectivity index (χ0) is 10.2. The fourth-order valence-electron chi connectivity index (χ4n) is 1.58. The third kappa shape index (κ3) is 1.68. The van der Waals surface area contributed by atoms with E-state index in [1.807, 2.05) is 27.7 Å². The molecule has 1 fully saturated rings. The maximum atomic E-state index is 11.3. The van der Waals surface area contributed by atoms with E-state index in [2.05, 4.69) is 5.73 Å². The topological polar surface area (TPSA) is 26.3 Å². The largest absolute Gasteiger partial charge is 0.469 e. The zero-order valence-electron chi connectivity index (χ0n) is 8.89. The number of carbonyl (C=O) groups is 1. The minimum atomic E-state index is -0.145. The average molecular weight is 180 g/mol. The fraction of sp³-hybridized carbons (Fsp3) is 0.636. The lowest BCUT2D eigenvalue weighted by atomic mass is 10.1. The van der Waals surface area contributed by atoms with E-state index in [0.717, 1.165) is 11.1 Å². The van der Waals surface area contributed by atoms with Crippen LogP contribution in [-0.2, 0) is 9.53 Å². The van der Waals surface area contributed by atoms with Crippen LogP contribution in [0.15, 0.2) is 16.9 Å². The average Bonchev–Trinajstić information content (AvgIpc) is 2.51.